The van der Waals surface area contributed by atoms with E-state index in [1.54, 1.807) is 28.4 Å². The van der Waals surface area contributed by atoms with Crippen LogP contribution in [-0.2, 0) is 21.4 Å². The molecule has 1 aliphatic heterocycles. The van der Waals surface area contributed by atoms with Crippen LogP contribution in [0.4, 0.5) is 0 Å². The summed E-state index contributed by atoms with van der Waals surface area (Å²) in [7, 11) is -1.18. The van der Waals surface area contributed by atoms with E-state index < -0.39 is 10.0 Å². The quantitative estimate of drug-likeness (QED) is 0.703. The first-order chi connectivity index (χ1) is 12.9. The van der Waals surface area contributed by atoms with Crippen molar-refractivity contribution in [1.29, 1.82) is 0 Å². The van der Waals surface area contributed by atoms with E-state index in [-0.39, 0.29) is 10.8 Å². The lowest BCUT2D eigenvalue weighted by Gasteiger charge is -2.32. The average molecular weight is 411 g/mol. The number of nitrogens with zero attached hydrogens (tertiary/aromatic N) is 2. The molecule has 0 atom stereocenters. The Labute approximate surface area is 163 Å². The fourth-order valence-electron chi connectivity index (χ4n) is 3.08. The number of hydroxylamine groups is 1. The second-order valence-corrected chi connectivity index (χ2v) is 9.39. The molecule has 7 nitrogen and oxygen atoms in total. The zero-order valence-electron chi connectivity index (χ0n) is 15.4. The monoisotopic (exact) mass is 410 g/mol. The maximum atomic E-state index is 12.8. The number of quaternary nitrogens is 1. The maximum Gasteiger partial charge on any atom is 0.264 e. The van der Waals surface area contributed by atoms with Gasteiger partial charge in [-0.2, -0.15) is 0 Å². The van der Waals surface area contributed by atoms with Crippen molar-refractivity contribution in [1.82, 2.24) is 9.37 Å². The standard InChI is InChI=1S/C18H23N3O4S2/c1-19(25-2)27(23,24)17-7-3-5-15(13-17)18(22)21-10-8-20(9-11-21)14-16-6-4-12-26-16/h3-7,12-13H,8-11,14H2,1-2H3/p+1. The van der Waals surface area contributed by atoms with Crippen molar-refractivity contribution in [2.24, 2.45) is 0 Å². The third kappa shape index (κ3) is 4.56. The van der Waals surface area contributed by atoms with Crippen LogP contribution >= 0.6 is 11.3 Å². The molecule has 2 heterocycles. The zero-order valence-corrected chi connectivity index (χ0v) is 17.1. The molecule has 1 amide bonds. The van der Waals surface area contributed by atoms with Gasteiger partial charge >= 0.3 is 0 Å². The van der Waals surface area contributed by atoms with Crippen molar-refractivity contribution in [3.05, 3.63) is 52.2 Å². The number of benzene rings is 1. The van der Waals surface area contributed by atoms with Gasteiger partial charge < -0.3 is 9.80 Å². The van der Waals surface area contributed by atoms with Gasteiger partial charge in [-0.3, -0.25) is 9.63 Å². The van der Waals surface area contributed by atoms with Crippen LogP contribution in [0.2, 0.25) is 0 Å². The number of hydrogen-bond acceptors (Lipinski definition) is 5. The molecule has 0 spiro atoms. The summed E-state index contributed by atoms with van der Waals surface area (Å²) in [5.41, 5.74) is 0.377. The third-order valence-electron chi connectivity index (χ3n) is 4.74. The molecule has 27 heavy (non-hydrogen) atoms. The van der Waals surface area contributed by atoms with Crippen molar-refractivity contribution >= 4 is 27.3 Å². The van der Waals surface area contributed by atoms with Crippen LogP contribution < -0.4 is 4.90 Å². The summed E-state index contributed by atoms with van der Waals surface area (Å²) in [5.74, 6) is -0.137. The highest BCUT2D eigenvalue weighted by Crippen LogP contribution is 2.17. The Hall–Kier alpha value is -1.78. The highest BCUT2D eigenvalue weighted by atomic mass is 32.2. The molecule has 1 fully saturated rings. The number of rotatable bonds is 6. The summed E-state index contributed by atoms with van der Waals surface area (Å²) in [6.45, 7) is 4.07. The van der Waals surface area contributed by atoms with Crippen LogP contribution in [0.15, 0.2) is 46.7 Å². The Morgan fingerprint density at radius 2 is 2.00 bits per heavy atom. The Kier molecular flexibility index (Phi) is 6.28. The number of amides is 1. The van der Waals surface area contributed by atoms with Gasteiger partial charge in [0.15, 0.2) is 0 Å². The van der Waals surface area contributed by atoms with Crippen molar-refractivity contribution in [2.45, 2.75) is 11.4 Å². The second-order valence-electron chi connectivity index (χ2n) is 6.42. The molecule has 1 N–H and O–H groups in total. The molecule has 1 aromatic carbocycles. The van der Waals surface area contributed by atoms with E-state index >= 15 is 0 Å². The Balaban J connectivity index is 1.66. The summed E-state index contributed by atoms with van der Waals surface area (Å²) in [4.78, 5) is 22.3. The highest BCUT2D eigenvalue weighted by Gasteiger charge is 2.27. The summed E-state index contributed by atoms with van der Waals surface area (Å²) in [5, 5.41) is 2.08. The van der Waals surface area contributed by atoms with Crippen LogP contribution in [0.25, 0.3) is 0 Å². The number of carbonyl (C=O) groups excluding carboxylic acids is 1. The lowest BCUT2D eigenvalue weighted by atomic mass is 10.2. The second kappa shape index (κ2) is 8.49. The molecule has 0 saturated carbocycles. The number of nitrogens with one attached hydrogen (secondary N) is 1. The summed E-state index contributed by atoms with van der Waals surface area (Å²) < 4.78 is 25.5. The normalized spacial score (nSPS) is 16.0. The van der Waals surface area contributed by atoms with Gasteiger partial charge in [-0.25, -0.2) is 8.42 Å². The van der Waals surface area contributed by atoms with E-state index in [0.717, 1.165) is 24.1 Å². The van der Waals surface area contributed by atoms with Crippen LogP contribution in [0.5, 0.6) is 0 Å². The first-order valence-corrected chi connectivity index (χ1v) is 11.0. The van der Waals surface area contributed by atoms with Crippen molar-refractivity contribution in [3.8, 4) is 0 Å². The van der Waals surface area contributed by atoms with Crippen LogP contribution in [0.3, 0.4) is 0 Å². The van der Waals surface area contributed by atoms with E-state index in [1.807, 2.05) is 0 Å². The number of piperazine rings is 1. The Bertz CT molecular complexity index is 876. The number of hydrogen-bond donors (Lipinski definition) is 1. The molecule has 0 aliphatic carbocycles. The summed E-state index contributed by atoms with van der Waals surface area (Å²) in [6.07, 6.45) is 0. The minimum Gasteiger partial charge on any atom is -0.328 e. The first-order valence-electron chi connectivity index (χ1n) is 8.70. The minimum atomic E-state index is -3.78. The van der Waals surface area contributed by atoms with Gasteiger partial charge in [-0.1, -0.05) is 16.6 Å². The van der Waals surface area contributed by atoms with Gasteiger partial charge in [-0.15, -0.1) is 11.3 Å². The van der Waals surface area contributed by atoms with Gasteiger partial charge in [0.1, 0.15) is 6.54 Å². The first kappa shape index (κ1) is 20.0. The lowest BCUT2D eigenvalue weighted by Crippen LogP contribution is -3.13. The molecule has 2 aromatic rings. The Morgan fingerprint density at radius 3 is 2.63 bits per heavy atom. The van der Waals surface area contributed by atoms with Gasteiger partial charge in [-0.05, 0) is 29.6 Å². The molecule has 1 aliphatic rings. The van der Waals surface area contributed by atoms with Crippen LogP contribution in [0.1, 0.15) is 15.2 Å². The van der Waals surface area contributed by atoms with Gasteiger partial charge in [0, 0.05) is 12.6 Å². The van der Waals surface area contributed by atoms with E-state index in [1.165, 1.54) is 36.1 Å². The molecule has 146 valence electrons. The summed E-state index contributed by atoms with van der Waals surface area (Å²) >= 11 is 1.76. The van der Waals surface area contributed by atoms with E-state index in [9.17, 15) is 13.2 Å². The van der Waals surface area contributed by atoms with Crippen molar-refractivity contribution < 1.29 is 22.9 Å². The number of sulfonamides is 1. The molecule has 0 bridgehead atoms. The Morgan fingerprint density at radius 1 is 1.26 bits per heavy atom. The fourth-order valence-corrected chi connectivity index (χ4v) is 4.88. The number of carbonyl (C=O) groups is 1. The van der Waals surface area contributed by atoms with Gasteiger partial charge in [0.2, 0.25) is 0 Å². The average Bonchev–Trinajstić information content (AvgIpc) is 3.20. The van der Waals surface area contributed by atoms with E-state index in [0.29, 0.717) is 18.7 Å². The highest BCUT2D eigenvalue weighted by molar-refractivity contribution is 7.89. The zero-order chi connectivity index (χ0) is 19.4. The fraction of sp³-hybridized carbons (Fsp3) is 0.389. The third-order valence-corrected chi connectivity index (χ3v) is 7.29. The molecule has 1 aromatic heterocycles. The van der Waals surface area contributed by atoms with Gasteiger partial charge in [0.25, 0.3) is 15.9 Å². The van der Waals surface area contributed by atoms with Crippen molar-refractivity contribution in [2.75, 3.05) is 40.3 Å². The molecule has 3 rings (SSSR count). The van der Waals surface area contributed by atoms with Gasteiger partial charge in [0.05, 0.1) is 43.1 Å². The molecule has 9 heteroatoms. The molecular weight excluding hydrogens is 386 g/mol. The molecule has 1 saturated heterocycles. The lowest BCUT2D eigenvalue weighted by molar-refractivity contribution is -0.917. The van der Waals surface area contributed by atoms with Crippen molar-refractivity contribution in [3.63, 3.8) is 0 Å². The molecular formula is C18H24N3O4S2+. The minimum absolute atomic E-state index is 0.0413. The predicted octanol–water partition coefficient (Wildman–Crippen LogP) is 0.471. The number of thiophene rings is 1. The predicted molar refractivity (Wildman–Crippen MR) is 103 cm³/mol. The van der Waals surface area contributed by atoms with Crippen LogP contribution in [0, 0.1) is 0 Å². The van der Waals surface area contributed by atoms with E-state index in [2.05, 4.69) is 17.5 Å². The van der Waals surface area contributed by atoms with E-state index in [4.69, 9.17) is 4.84 Å². The maximum absolute atomic E-state index is 12.8. The summed E-state index contributed by atoms with van der Waals surface area (Å²) in [6, 6.07) is 10.3. The smallest absolute Gasteiger partial charge is 0.264 e. The SMILES string of the molecule is CON(C)S(=O)(=O)c1cccc(C(=O)N2CC[NH+](Cc3cccs3)CC2)c1. The van der Waals surface area contributed by atoms with Crippen LogP contribution in [-0.4, -0.2) is 64.0 Å². The molecule has 0 radical (unpaired) electrons. The molecule has 0 unspecified atom stereocenters. The topological polar surface area (TPSA) is 71.4 Å². The largest absolute Gasteiger partial charge is 0.328 e.